The second-order valence-corrected chi connectivity index (χ2v) is 13.0. The minimum atomic E-state index is -0.492. The molecule has 2 aliphatic heterocycles. The van der Waals surface area contributed by atoms with Gasteiger partial charge in [-0.05, 0) is 109 Å². The molecule has 2 aromatic carbocycles. The zero-order valence-electron chi connectivity index (χ0n) is 24.1. The van der Waals surface area contributed by atoms with Gasteiger partial charge in [0.1, 0.15) is 23.5 Å². The minimum absolute atomic E-state index is 0.108. The Bertz CT molecular complexity index is 1120. The number of esters is 1. The lowest BCUT2D eigenvalue weighted by Gasteiger charge is -2.40. The summed E-state index contributed by atoms with van der Waals surface area (Å²) < 4.78 is 12.2. The highest BCUT2D eigenvalue weighted by molar-refractivity contribution is 6.42. The number of likely N-dealkylation sites (tertiary alicyclic amines) is 2. The highest BCUT2D eigenvalue weighted by atomic mass is 35.5. The molecule has 1 unspecified atom stereocenters. The molecule has 7 heteroatoms. The van der Waals surface area contributed by atoms with E-state index in [0.717, 1.165) is 69.7 Å². The Labute approximate surface area is 244 Å². The van der Waals surface area contributed by atoms with Crippen LogP contribution in [0.4, 0.5) is 0 Å². The third-order valence-electron chi connectivity index (χ3n) is 8.08. The molecule has 0 bridgehead atoms. The molecular weight excluding hydrogens is 531 g/mol. The standard InChI is InChI=1S/C32H44Cl2N2O3/c1-22-8-6-7-9-25(22)20-28(31(37)39-32(3,4)5)36-18-12-24(13-19-36)21-35-16-14-26(15-17-35)38-29-11-10-27(33)30(34)23(29)2/h6-11,24,26,28H,12-21H2,1-5H3. The van der Waals surface area contributed by atoms with E-state index in [2.05, 4.69) is 41.0 Å². The summed E-state index contributed by atoms with van der Waals surface area (Å²) in [4.78, 5) is 18.2. The lowest BCUT2D eigenvalue weighted by molar-refractivity contribution is -0.162. The van der Waals surface area contributed by atoms with Crippen molar-refractivity contribution >= 4 is 29.2 Å². The molecule has 0 spiro atoms. The number of carbonyl (C=O) groups excluding carboxylic acids is 1. The molecule has 0 aliphatic carbocycles. The highest BCUT2D eigenvalue weighted by Crippen LogP contribution is 2.34. The second-order valence-electron chi connectivity index (χ2n) is 12.3. The van der Waals surface area contributed by atoms with E-state index in [1.165, 1.54) is 11.1 Å². The van der Waals surface area contributed by atoms with Crippen LogP contribution in [0.5, 0.6) is 5.75 Å². The van der Waals surface area contributed by atoms with Gasteiger partial charge < -0.3 is 14.4 Å². The lowest BCUT2D eigenvalue weighted by atomic mass is 9.92. The summed E-state index contributed by atoms with van der Waals surface area (Å²) in [5.41, 5.74) is 2.86. The molecule has 4 rings (SSSR count). The number of ether oxygens (including phenoxy) is 2. The Balaban J connectivity index is 1.28. The molecule has 0 saturated carbocycles. The first-order valence-electron chi connectivity index (χ1n) is 14.3. The van der Waals surface area contributed by atoms with Crippen molar-refractivity contribution < 1.29 is 14.3 Å². The number of hydrogen-bond donors (Lipinski definition) is 0. The molecule has 0 N–H and O–H groups in total. The minimum Gasteiger partial charge on any atom is -0.490 e. The summed E-state index contributed by atoms with van der Waals surface area (Å²) in [6.07, 6.45) is 5.12. The van der Waals surface area contributed by atoms with Gasteiger partial charge in [0.05, 0.1) is 10.0 Å². The van der Waals surface area contributed by atoms with E-state index in [0.29, 0.717) is 22.4 Å². The van der Waals surface area contributed by atoms with Gasteiger partial charge in [0, 0.05) is 25.2 Å². The molecular formula is C32H44Cl2N2O3. The van der Waals surface area contributed by atoms with Gasteiger partial charge in [-0.1, -0.05) is 47.5 Å². The van der Waals surface area contributed by atoms with E-state index < -0.39 is 5.60 Å². The van der Waals surface area contributed by atoms with E-state index in [4.69, 9.17) is 32.7 Å². The number of carbonyl (C=O) groups is 1. The van der Waals surface area contributed by atoms with Crippen molar-refractivity contribution in [3.8, 4) is 5.75 Å². The van der Waals surface area contributed by atoms with Crippen LogP contribution in [-0.2, 0) is 16.0 Å². The topological polar surface area (TPSA) is 42.0 Å². The average Bonchev–Trinajstić information content (AvgIpc) is 2.89. The number of piperidine rings is 2. The van der Waals surface area contributed by atoms with Crippen molar-refractivity contribution in [1.82, 2.24) is 9.80 Å². The van der Waals surface area contributed by atoms with Gasteiger partial charge in [-0.2, -0.15) is 0 Å². The van der Waals surface area contributed by atoms with E-state index in [9.17, 15) is 4.79 Å². The second kappa shape index (κ2) is 13.2. The first kappa shape index (κ1) is 30.2. The monoisotopic (exact) mass is 574 g/mol. The van der Waals surface area contributed by atoms with Crippen LogP contribution in [-0.4, -0.2) is 66.2 Å². The molecule has 2 heterocycles. The Hall–Kier alpha value is -1.79. The van der Waals surface area contributed by atoms with Crippen molar-refractivity contribution in [3.05, 3.63) is 63.1 Å². The van der Waals surface area contributed by atoms with Crippen LogP contribution in [0, 0.1) is 19.8 Å². The third-order valence-corrected chi connectivity index (χ3v) is 8.98. The SMILES string of the molecule is Cc1ccccc1CC(C(=O)OC(C)(C)C)N1CCC(CN2CCC(Oc3ccc(Cl)c(Cl)c3C)CC2)CC1. The summed E-state index contributed by atoms with van der Waals surface area (Å²) in [7, 11) is 0. The Morgan fingerprint density at radius 1 is 0.974 bits per heavy atom. The molecule has 214 valence electrons. The van der Waals surface area contributed by atoms with Crippen LogP contribution in [0.25, 0.3) is 0 Å². The number of aryl methyl sites for hydroxylation is 1. The summed E-state index contributed by atoms with van der Waals surface area (Å²) >= 11 is 12.4. The predicted octanol–water partition coefficient (Wildman–Crippen LogP) is 7.12. The molecule has 0 radical (unpaired) electrons. The smallest absolute Gasteiger partial charge is 0.324 e. The Kier molecular flexibility index (Phi) is 10.3. The van der Waals surface area contributed by atoms with Crippen LogP contribution < -0.4 is 4.74 Å². The normalized spacial score (nSPS) is 19.2. The maximum absolute atomic E-state index is 13.3. The van der Waals surface area contributed by atoms with Crippen molar-refractivity contribution in [1.29, 1.82) is 0 Å². The highest BCUT2D eigenvalue weighted by Gasteiger charge is 2.34. The first-order chi connectivity index (χ1) is 18.5. The average molecular weight is 576 g/mol. The number of benzene rings is 2. The van der Waals surface area contributed by atoms with Gasteiger partial charge in [-0.15, -0.1) is 0 Å². The zero-order chi connectivity index (χ0) is 28.2. The van der Waals surface area contributed by atoms with Crippen LogP contribution in [0.3, 0.4) is 0 Å². The van der Waals surface area contributed by atoms with E-state index >= 15 is 0 Å². The summed E-state index contributed by atoms with van der Waals surface area (Å²) in [5.74, 6) is 1.37. The van der Waals surface area contributed by atoms with Crippen LogP contribution in [0.2, 0.25) is 10.0 Å². The molecule has 0 amide bonds. The van der Waals surface area contributed by atoms with Crippen LogP contribution in [0.1, 0.15) is 63.1 Å². The zero-order valence-corrected chi connectivity index (χ0v) is 25.7. The molecule has 2 saturated heterocycles. The fraction of sp³-hybridized carbons (Fsp3) is 0.594. The maximum atomic E-state index is 13.3. The largest absolute Gasteiger partial charge is 0.490 e. The van der Waals surface area contributed by atoms with Crippen LogP contribution >= 0.6 is 23.2 Å². The predicted molar refractivity (Wildman–Crippen MR) is 160 cm³/mol. The number of nitrogens with zero attached hydrogens (tertiary/aromatic N) is 2. The Morgan fingerprint density at radius 3 is 2.28 bits per heavy atom. The molecule has 2 fully saturated rings. The van der Waals surface area contributed by atoms with Crippen LogP contribution in [0.15, 0.2) is 36.4 Å². The molecule has 1 atom stereocenters. The summed E-state index contributed by atoms with van der Waals surface area (Å²) in [6, 6.07) is 11.8. The number of rotatable bonds is 8. The summed E-state index contributed by atoms with van der Waals surface area (Å²) in [5, 5.41) is 1.14. The number of hydrogen-bond acceptors (Lipinski definition) is 5. The van der Waals surface area contributed by atoms with E-state index in [-0.39, 0.29) is 18.1 Å². The van der Waals surface area contributed by atoms with Crippen molar-refractivity contribution in [2.75, 3.05) is 32.7 Å². The van der Waals surface area contributed by atoms with Gasteiger partial charge in [0.2, 0.25) is 0 Å². The number of halogens is 2. The van der Waals surface area contributed by atoms with Crippen molar-refractivity contribution in [2.24, 2.45) is 5.92 Å². The molecule has 2 aliphatic rings. The van der Waals surface area contributed by atoms with E-state index in [1.807, 2.05) is 39.8 Å². The van der Waals surface area contributed by atoms with E-state index in [1.54, 1.807) is 0 Å². The first-order valence-corrected chi connectivity index (χ1v) is 15.1. The Morgan fingerprint density at radius 2 is 1.64 bits per heavy atom. The lowest BCUT2D eigenvalue weighted by Crippen LogP contribution is -2.50. The molecule has 2 aromatic rings. The molecule has 0 aromatic heterocycles. The van der Waals surface area contributed by atoms with Gasteiger partial charge in [-0.25, -0.2) is 0 Å². The molecule has 39 heavy (non-hydrogen) atoms. The summed E-state index contributed by atoms with van der Waals surface area (Å²) in [6.45, 7) is 15.0. The third kappa shape index (κ3) is 8.36. The fourth-order valence-corrected chi connectivity index (χ4v) is 6.10. The maximum Gasteiger partial charge on any atom is 0.324 e. The quantitative estimate of drug-likeness (QED) is 0.314. The van der Waals surface area contributed by atoms with Gasteiger partial charge >= 0.3 is 5.97 Å². The van der Waals surface area contributed by atoms with Gasteiger partial charge in [0.25, 0.3) is 0 Å². The van der Waals surface area contributed by atoms with Gasteiger partial charge in [-0.3, -0.25) is 9.69 Å². The van der Waals surface area contributed by atoms with Crippen molar-refractivity contribution in [2.45, 2.75) is 84.5 Å². The van der Waals surface area contributed by atoms with Crippen molar-refractivity contribution in [3.63, 3.8) is 0 Å². The van der Waals surface area contributed by atoms with Gasteiger partial charge in [0.15, 0.2) is 0 Å². The fourth-order valence-electron chi connectivity index (χ4n) is 5.74. The molecule has 5 nitrogen and oxygen atoms in total.